The third-order valence-electron chi connectivity index (χ3n) is 1.19. The van der Waals surface area contributed by atoms with Gasteiger partial charge < -0.3 is 9.52 Å². The molecule has 1 aromatic heterocycles. The van der Waals surface area contributed by atoms with E-state index in [-0.39, 0.29) is 12.2 Å². The Morgan fingerprint density at radius 2 is 2.40 bits per heavy atom. The lowest BCUT2D eigenvalue weighted by molar-refractivity contribution is 0.297. The van der Waals surface area contributed by atoms with E-state index < -0.39 is 0 Å². The molecule has 3 nitrogen and oxygen atoms in total. The lowest BCUT2D eigenvalue weighted by Gasteiger charge is -1.91. The Balaban J connectivity index is 2.92. The van der Waals surface area contributed by atoms with Gasteiger partial charge in [0, 0.05) is 18.6 Å². The molecule has 0 saturated carbocycles. The fraction of sp³-hybridized carbons (Fsp3) is 0.286. The summed E-state index contributed by atoms with van der Waals surface area (Å²) in [6.07, 6.45) is 1.69. The Labute approximate surface area is 57.9 Å². The van der Waals surface area contributed by atoms with E-state index in [1.807, 2.05) is 0 Å². The van der Waals surface area contributed by atoms with Crippen molar-refractivity contribution in [3.05, 3.63) is 34.4 Å². The summed E-state index contributed by atoms with van der Waals surface area (Å²) in [5.74, 6) is 0. The van der Waals surface area contributed by atoms with Crippen LogP contribution < -0.4 is 5.63 Å². The summed E-state index contributed by atoms with van der Waals surface area (Å²) in [5.41, 5.74) is 0.154. The first-order valence-electron chi connectivity index (χ1n) is 3.02. The molecule has 1 rings (SSSR count). The molecule has 0 aliphatic heterocycles. The maximum absolute atomic E-state index is 10.7. The molecule has 0 aliphatic carbocycles. The zero-order chi connectivity index (χ0) is 7.40. The minimum Gasteiger partial charge on any atom is -0.431 e. The van der Waals surface area contributed by atoms with Gasteiger partial charge in [-0.1, -0.05) is 0 Å². The number of rotatable bonds is 2. The van der Waals surface area contributed by atoms with Crippen LogP contribution in [0, 0.1) is 0 Å². The minimum absolute atomic E-state index is 0.0191. The molecule has 1 heterocycles. The van der Waals surface area contributed by atoms with Crippen molar-refractivity contribution < 1.29 is 9.52 Å². The Morgan fingerprint density at radius 1 is 1.60 bits per heavy atom. The van der Waals surface area contributed by atoms with Crippen LogP contribution in [0.1, 0.15) is 5.56 Å². The van der Waals surface area contributed by atoms with E-state index in [0.29, 0.717) is 12.0 Å². The van der Waals surface area contributed by atoms with Crippen LogP contribution in [0.2, 0.25) is 0 Å². The zero-order valence-corrected chi connectivity index (χ0v) is 5.41. The highest BCUT2D eigenvalue weighted by Gasteiger charge is 1.96. The first kappa shape index (κ1) is 7.02. The van der Waals surface area contributed by atoms with Crippen LogP contribution in [0.15, 0.2) is 27.6 Å². The number of hydrogen-bond acceptors (Lipinski definition) is 3. The van der Waals surface area contributed by atoms with Crippen molar-refractivity contribution in [2.45, 2.75) is 6.42 Å². The zero-order valence-electron chi connectivity index (χ0n) is 5.41. The van der Waals surface area contributed by atoms with Crippen molar-refractivity contribution in [1.29, 1.82) is 0 Å². The summed E-state index contributed by atoms with van der Waals surface area (Å²) in [4.78, 5) is 10.7. The molecular formula is C7H8O3. The molecule has 0 aliphatic rings. The highest BCUT2D eigenvalue weighted by molar-refractivity contribution is 5.06. The minimum atomic E-state index is -0.364. The van der Waals surface area contributed by atoms with E-state index in [1.165, 1.54) is 6.26 Å². The third kappa shape index (κ3) is 1.45. The topological polar surface area (TPSA) is 50.4 Å². The van der Waals surface area contributed by atoms with Crippen LogP contribution in [-0.4, -0.2) is 11.7 Å². The highest BCUT2D eigenvalue weighted by atomic mass is 16.4. The molecule has 0 fully saturated rings. The molecule has 54 valence electrons. The number of aliphatic hydroxyl groups is 1. The SMILES string of the molecule is O=c1occcc1CCO. The predicted octanol–water partition coefficient (Wildman–Crippen LogP) is 0.175. The lowest BCUT2D eigenvalue weighted by Crippen LogP contribution is -2.07. The first-order chi connectivity index (χ1) is 4.84. The smallest absolute Gasteiger partial charge is 0.338 e. The Kier molecular flexibility index (Phi) is 2.23. The van der Waals surface area contributed by atoms with Crippen LogP contribution in [0.5, 0.6) is 0 Å². The van der Waals surface area contributed by atoms with Gasteiger partial charge in [0.25, 0.3) is 0 Å². The van der Waals surface area contributed by atoms with E-state index in [1.54, 1.807) is 12.1 Å². The fourth-order valence-electron chi connectivity index (χ4n) is 0.706. The van der Waals surface area contributed by atoms with Gasteiger partial charge in [0.15, 0.2) is 0 Å². The summed E-state index contributed by atoms with van der Waals surface area (Å²) in [6.45, 7) is -0.0191. The fourth-order valence-corrected chi connectivity index (χ4v) is 0.706. The van der Waals surface area contributed by atoms with Crippen LogP contribution in [0.4, 0.5) is 0 Å². The van der Waals surface area contributed by atoms with E-state index in [2.05, 4.69) is 4.42 Å². The molecule has 3 heteroatoms. The van der Waals surface area contributed by atoms with Crippen molar-refractivity contribution in [1.82, 2.24) is 0 Å². The molecular weight excluding hydrogens is 132 g/mol. The maximum atomic E-state index is 10.7. The third-order valence-corrected chi connectivity index (χ3v) is 1.19. The van der Waals surface area contributed by atoms with Gasteiger partial charge in [-0.05, 0) is 12.1 Å². The molecule has 1 N–H and O–H groups in total. The Morgan fingerprint density at radius 3 is 3.00 bits per heavy atom. The first-order valence-corrected chi connectivity index (χ1v) is 3.02. The standard InChI is InChI=1S/C7H8O3/c8-4-3-6-2-1-5-10-7(6)9/h1-2,5,8H,3-4H2. The largest absolute Gasteiger partial charge is 0.431 e. The molecule has 0 aromatic carbocycles. The van der Waals surface area contributed by atoms with Crippen molar-refractivity contribution in [2.75, 3.05) is 6.61 Å². The van der Waals surface area contributed by atoms with Gasteiger partial charge >= 0.3 is 5.63 Å². The molecule has 0 atom stereocenters. The summed E-state index contributed by atoms with van der Waals surface area (Å²) >= 11 is 0. The molecule has 0 bridgehead atoms. The summed E-state index contributed by atoms with van der Waals surface area (Å²) in [7, 11) is 0. The second-order valence-electron chi connectivity index (χ2n) is 1.90. The van der Waals surface area contributed by atoms with Crippen LogP contribution in [0.3, 0.4) is 0 Å². The Hall–Kier alpha value is -1.09. The second kappa shape index (κ2) is 3.17. The van der Waals surface area contributed by atoms with Crippen molar-refractivity contribution in [2.24, 2.45) is 0 Å². The van der Waals surface area contributed by atoms with Gasteiger partial charge in [0.1, 0.15) is 0 Å². The molecule has 0 radical (unpaired) electrons. The maximum Gasteiger partial charge on any atom is 0.338 e. The van der Waals surface area contributed by atoms with Gasteiger partial charge in [-0.2, -0.15) is 0 Å². The van der Waals surface area contributed by atoms with Gasteiger partial charge in [0.2, 0.25) is 0 Å². The van der Waals surface area contributed by atoms with Crippen LogP contribution in [-0.2, 0) is 6.42 Å². The molecule has 0 spiro atoms. The molecule has 0 unspecified atom stereocenters. The number of aliphatic hydroxyl groups excluding tert-OH is 1. The van der Waals surface area contributed by atoms with Crippen molar-refractivity contribution in [3.8, 4) is 0 Å². The van der Waals surface area contributed by atoms with Gasteiger partial charge in [0.05, 0.1) is 6.26 Å². The molecule has 1 aromatic rings. The summed E-state index contributed by atoms with van der Waals surface area (Å²) < 4.78 is 4.54. The van der Waals surface area contributed by atoms with Crippen LogP contribution >= 0.6 is 0 Å². The monoisotopic (exact) mass is 140 g/mol. The molecule has 0 amide bonds. The quantitative estimate of drug-likeness (QED) is 0.637. The van der Waals surface area contributed by atoms with E-state index in [9.17, 15) is 4.79 Å². The normalized spacial score (nSPS) is 9.70. The van der Waals surface area contributed by atoms with E-state index in [4.69, 9.17) is 5.11 Å². The van der Waals surface area contributed by atoms with Gasteiger partial charge in [-0.25, -0.2) is 4.79 Å². The molecule has 0 saturated heterocycles. The lowest BCUT2D eigenvalue weighted by atomic mass is 10.2. The highest BCUT2D eigenvalue weighted by Crippen LogP contribution is 1.90. The van der Waals surface area contributed by atoms with Gasteiger partial charge in [-0.15, -0.1) is 0 Å². The summed E-state index contributed by atoms with van der Waals surface area (Å²) in [6, 6.07) is 3.27. The van der Waals surface area contributed by atoms with E-state index >= 15 is 0 Å². The average Bonchev–Trinajstić information content (AvgIpc) is 1.94. The molecule has 10 heavy (non-hydrogen) atoms. The van der Waals surface area contributed by atoms with E-state index in [0.717, 1.165) is 0 Å². The van der Waals surface area contributed by atoms with Crippen LogP contribution in [0.25, 0.3) is 0 Å². The van der Waals surface area contributed by atoms with Crippen molar-refractivity contribution >= 4 is 0 Å². The average molecular weight is 140 g/mol. The Bertz CT molecular complexity index is 251. The second-order valence-corrected chi connectivity index (χ2v) is 1.90. The number of hydrogen-bond donors (Lipinski definition) is 1. The predicted molar refractivity (Wildman–Crippen MR) is 35.8 cm³/mol. The van der Waals surface area contributed by atoms with Gasteiger partial charge in [-0.3, -0.25) is 0 Å². The van der Waals surface area contributed by atoms with Crippen molar-refractivity contribution in [3.63, 3.8) is 0 Å². The summed E-state index contributed by atoms with van der Waals surface area (Å²) in [5, 5.41) is 8.46.